The SMILES string of the molecule is CCN(CC)CCCC(Nc1c2ccc(Cl)cc2nc2ccc(OC)cc12)c1cccs1. The second-order valence-corrected chi connectivity index (χ2v) is 9.33. The third-order valence-corrected chi connectivity index (χ3v) is 7.23. The van der Waals surface area contributed by atoms with Gasteiger partial charge in [-0.25, -0.2) is 4.98 Å². The monoisotopic (exact) mass is 467 g/mol. The van der Waals surface area contributed by atoms with E-state index in [4.69, 9.17) is 21.3 Å². The average molecular weight is 468 g/mol. The standard InChI is InChI=1S/C26H30ClN3OS/c1-4-30(5-2)14-6-8-23(25-9-7-15-32-25)29-26-20-12-10-18(27)16-24(20)28-22-13-11-19(31-3)17-21(22)26/h7,9-13,15-17,23H,4-6,8,14H2,1-3H3,(H,28,29). The zero-order valence-corrected chi connectivity index (χ0v) is 20.5. The summed E-state index contributed by atoms with van der Waals surface area (Å²) in [5, 5.41) is 8.88. The molecule has 6 heteroatoms. The van der Waals surface area contributed by atoms with Gasteiger partial charge in [0.1, 0.15) is 5.75 Å². The van der Waals surface area contributed by atoms with Gasteiger partial charge in [0.15, 0.2) is 0 Å². The molecule has 0 saturated carbocycles. The number of thiophene rings is 1. The van der Waals surface area contributed by atoms with Crippen LogP contribution >= 0.6 is 22.9 Å². The van der Waals surface area contributed by atoms with E-state index in [-0.39, 0.29) is 6.04 Å². The average Bonchev–Trinajstić information content (AvgIpc) is 3.35. The Kier molecular flexibility index (Phi) is 7.51. The number of fused-ring (bicyclic) bond motifs is 2. The number of benzene rings is 2. The number of halogens is 1. The van der Waals surface area contributed by atoms with Crippen molar-refractivity contribution in [3.63, 3.8) is 0 Å². The minimum absolute atomic E-state index is 0.223. The lowest BCUT2D eigenvalue weighted by Crippen LogP contribution is -2.24. The van der Waals surface area contributed by atoms with Crippen LogP contribution in [0.3, 0.4) is 0 Å². The van der Waals surface area contributed by atoms with Crippen molar-refractivity contribution >= 4 is 50.4 Å². The number of pyridine rings is 1. The van der Waals surface area contributed by atoms with Crippen LogP contribution in [-0.4, -0.2) is 36.6 Å². The molecule has 2 aromatic carbocycles. The zero-order chi connectivity index (χ0) is 22.5. The lowest BCUT2D eigenvalue weighted by Gasteiger charge is -2.24. The van der Waals surface area contributed by atoms with E-state index in [1.165, 1.54) is 4.88 Å². The van der Waals surface area contributed by atoms with Crippen molar-refractivity contribution in [2.24, 2.45) is 0 Å². The minimum Gasteiger partial charge on any atom is -0.497 e. The summed E-state index contributed by atoms with van der Waals surface area (Å²) in [6.07, 6.45) is 2.19. The molecule has 0 aliphatic rings. The van der Waals surface area contributed by atoms with Crippen LogP contribution in [0.25, 0.3) is 21.8 Å². The van der Waals surface area contributed by atoms with Crippen LogP contribution in [-0.2, 0) is 0 Å². The topological polar surface area (TPSA) is 37.4 Å². The number of aromatic nitrogens is 1. The van der Waals surface area contributed by atoms with Gasteiger partial charge in [-0.1, -0.05) is 31.5 Å². The molecule has 2 heterocycles. The molecule has 0 aliphatic carbocycles. The number of rotatable bonds is 10. The minimum atomic E-state index is 0.223. The Balaban J connectivity index is 1.75. The number of hydrogen-bond acceptors (Lipinski definition) is 5. The van der Waals surface area contributed by atoms with Crippen molar-refractivity contribution in [1.29, 1.82) is 0 Å². The number of nitrogens with one attached hydrogen (secondary N) is 1. The van der Waals surface area contributed by atoms with Crippen LogP contribution in [0, 0.1) is 0 Å². The highest BCUT2D eigenvalue weighted by atomic mass is 35.5. The molecule has 0 amide bonds. The Bertz CT molecular complexity index is 1170. The molecule has 0 aliphatic heterocycles. The highest BCUT2D eigenvalue weighted by Gasteiger charge is 2.18. The molecule has 0 spiro atoms. The molecule has 168 valence electrons. The summed E-state index contributed by atoms with van der Waals surface area (Å²) in [5.74, 6) is 0.824. The summed E-state index contributed by atoms with van der Waals surface area (Å²) in [4.78, 5) is 8.70. The van der Waals surface area contributed by atoms with Gasteiger partial charge in [-0.15, -0.1) is 11.3 Å². The van der Waals surface area contributed by atoms with Crippen LogP contribution < -0.4 is 10.1 Å². The maximum atomic E-state index is 6.30. The van der Waals surface area contributed by atoms with Crippen LogP contribution in [0.2, 0.25) is 5.02 Å². The maximum Gasteiger partial charge on any atom is 0.119 e. The van der Waals surface area contributed by atoms with Crippen molar-refractivity contribution in [1.82, 2.24) is 9.88 Å². The summed E-state index contributed by atoms with van der Waals surface area (Å²) < 4.78 is 5.52. The van der Waals surface area contributed by atoms with Crippen molar-refractivity contribution in [2.75, 3.05) is 32.1 Å². The number of methoxy groups -OCH3 is 1. The van der Waals surface area contributed by atoms with E-state index in [1.54, 1.807) is 18.4 Å². The second-order valence-electron chi connectivity index (χ2n) is 7.91. The Morgan fingerprint density at radius 2 is 1.91 bits per heavy atom. The van der Waals surface area contributed by atoms with E-state index < -0.39 is 0 Å². The van der Waals surface area contributed by atoms with Gasteiger partial charge in [-0.2, -0.15) is 0 Å². The van der Waals surface area contributed by atoms with Crippen molar-refractivity contribution < 1.29 is 4.74 Å². The molecule has 0 fully saturated rings. The normalized spacial score (nSPS) is 12.5. The molecule has 4 nitrogen and oxygen atoms in total. The van der Waals surface area contributed by atoms with Gasteiger partial charge in [-0.3, -0.25) is 0 Å². The highest BCUT2D eigenvalue weighted by molar-refractivity contribution is 7.10. The molecule has 0 bridgehead atoms. The van der Waals surface area contributed by atoms with Crippen molar-refractivity contribution in [2.45, 2.75) is 32.7 Å². The van der Waals surface area contributed by atoms with Crippen molar-refractivity contribution in [3.8, 4) is 5.75 Å². The molecule has 2 aromatic heterocycles. The molecule has 0 radical (unpaired) electrons. The third-order valence-electron chi connectivity index (χ3n) is 6.01. The van der Waals surface area contributed by atoms with E-state index >= 15 is 0 Å². The van der Waals surface area contributed by atoms with Gasteiger partial charge < -0.3 is 15.0 Å². The van der Waals surface area contributed by atoms with Crippen molar-refractivity contribution in [3.05, 3.63) is 63.8 Å². The molecule has 32 heavy (non-hydrogen) atoms. The van der Waals surface area contributed by atoms with E-state index in [0.717, 1.165) is 65.7 Å². The van der Waals surface area contributed by atoms with E-state index in [1.807, 2.05) is 24.3 Å². The predicted octanol–water partition coefficient (Wildman–Crippen LogP) is 7.39. The maximum absolute atomic E-state index is 6.30. The molecule has 4 rings (SSSR count). The summed E-state index contributed by atoms with van der Waals surface area (Å²) >= 11 is 8.10. The Labute approximate surface area is 199 Å². The fraction of sp³-hybridized carbons (Fsp3) is 0.346. The van der Waals surface area contributed by atoms with Gasteiger partial charge in [0, 0.05) is 20.7 Å². The molecule has 0 saturated heterocycles. The molecule has 4 aromatic rings. The van der Waals surface area contributed by atoms with Crippen LogP contribution in [0.5, 0.6) is 5.75 Å². The second kappa shape index (κ2) is 10.5. The summed E-state index contributed by atoms with van der Waals surface area (Å²) in [6, 6.07) is 16.5. The van der Waals surface area contributed by atoms with E-state index in [9.17, 15) is 0 Å². The molecule has 1 N–H and O–H groups in total. The van der Waals surface area contributed by atoms with E-state index in [0.29, 0.717) is 5.02 Å². The fourth-order valence-corrected chi connectivity index (χ4v) is 5.17. The van der Waals surface area contributed by atoms with Gasteiger partial charge in [0.2, 0.25) is 0 Å². The van der Waals surface area contributed by atoms with Crippen LogP contribution in [0.4, 0.5) is 5.69 Å². The smallest absolute Gasteiger partial charge is 0.119 e. The van der Waals surface area contributed by atoms with Gasteiger partial charge >= 0.3 is 0 Å². The Morgan fingerprint density at radius 1 is 1.06 bits per heavy atom. The molecular weight excluding hydrogens is 438 g/mol. The summed E-state index contributed by atoms with van der Waals surface area (Å²) in [5.41, 5.74) is 2.91. The Hall–Kier alpha value is -2.34. The number of ether oxygens (including phenoxy) is 1. The third kappa shape index (κ3) is 5.01. The first-order valence-corrected chi connectivity index (χ1v) is 12.5. The van der Waals surface area contributed by atoms with Crippen LogP contribution in [0.1, 0.15) is 37.6 Å². The molecular formula is C26H30ClN3OS. The predicted molar refractivity (Wildman–Crippen MR) is 139 cm³/mol. The first kappa shape index (κ1) is 22.8. The highest BCUT2D eigenvalue weighted by Crippen LogP contribution is 2.37. The first-order valence-electron chi connectivity index (χ1n) is 11.2. The van der Waals surface area contributed by atoms with E-state index in [2.05, 4.69) is 53.7 Å². The zero-order valence-electron chi connectivity index (χ0n) is 18.9. The van der Waals surface area contributed by atoms with Crippen LogP contribution in [0.15, 0.2) is 53.9 Å². The Morgan fingerprint density at radius 3 is 2.62 bits per heavy atom. The summed E-state index contributed by atoms with van der Waals surface area (Å²) in [6.45, 7) is 7.75. The van der Waals surface area contributed by atoms with Gasteiger partial charge in [0.25, 0.3) is 0 Å². The molecule has 1 unspecified atom stereocenters. The van der Waals surface area contributed by atoms with Gasteiger partial charge in [-0.05, 0) is 80.3 Å². The summed E-state index contributed by atoms with van der Waals surface area (Å²) in [7, 11) is 1.70. The number of nitrogens with zero attached hydrogens (tertiary/aromatic N) is 2. The fourth-order valence-electron chi connectivity index (χ4n) is 4.19. The first-order chi connectivity index (χ1) is 15.6. The lowest BCUT2D eigenvalue weighted by molar-refractivity contribution is 0.294. The number of anilines is 1. The van der Waals surface area contributed by atoms with Gasteiger partial charge in [0.05, 0.1) is 29.9 Å². The molecule has 1 atom stereocenters. The largest absolute Gasteiger partial charge is 0.497 e. The lowest BCUT2D eigenvalue weighted by atomic mass is 10.0. The quantitative estimate of drug-likeness (QED) is 0.247. The number of hydrogen-bond donors (Lipinski definition) is 1.